The van der Waals surface area contributed by atoms with E-state index in [1.807, 2.05) is 0 Å². The fourth-order valence-corrected chi connectivity index (χ4v) is 4.84. The molecule has 6 heteroatoms. The van der Waals surface area contributed by atoms with Crippen molar-refractivity contribution in [1.29, 1.82) is 0 Å². The minimum atomic E-state index is -1.79. The molecule has 0 spiro atoms. The van der Waals surface area contributed by atoms with E-state index in [9.17, 15) is 8.78 Å². The topological polar surface area (TPSA) is 36.9 Å². The molecule has 0 amide bonds. The maximum Gasteiger partial charge on any atom is 0.271 e. The predicted molar refractivity (Wildman–Crippen MR) is 98.2 cm³/mol. The van der Waals surface area contributed by atoms with E-state index in [0.29, 0.717) is 44.3 Å². The molecule has 3 aliphatic rings. The van der Waals surface area contributed by atoms with Crippen LogP contribution in [0.2, 0.25) is 0 Å². The summed E-state index contributed by atoms with van der Waals surface area (Å²) in [5.41, 5.74) is 0. The van der Waals surface area contributed by atoms with E-state index in [1.54, 1.807) is 0 Å². The van der Waals surface area contributed by atoms with E-state index in [2.05, 4.69) is 13.8 Å². The highest BCUT2D eigenvalue weighted by Crippen LogP contribution is 2.39. The Kier molecular flexibility index (Phi) is 8.06. The zero-order valence-corrected chi connectivity index (χ0v) is 16.6. The zero-order valence-electron chi connectivity index (χ0n) is 16.6. The number of rotatable bonds is 6. The van der Waals surface area contributed by atoms with Crippen LogP contribution in [0, 0.1) is 29.6 Å². The molecule has 1 atom stereocenters. The molecule has 0 aromatic carbocycles. The maximum absolute atomic E-state index is 12.2. The summed E-state index contributed by atoms with van der Waals surface area (Å²) in [6, 6.07) is 0. The predicted octanol–water partition coefficient (Wildman–Crippen LogP) is 4.99. The number of hydrogen-bond donors (Lipinski definition) is 0. The Balaban J connectivity index is 1.37. The molecule has 2 aliphatic heterocycles. The van der Waals surface area contributed by atoms with Crippen molar-refractivity contribution in [2.24, 2.45) is 29.6 Å². The van der Waals surface area contributed by atoms with Crippen molar-refractivity contribution in [3.05, 3.63) is 12.2 Å². The van der Waals surface area contributed by atoms with E-state index in [4.69, 9.17) is 18.9 Å². The molecule has 1 unspecified atom stereocenters. The zero-order chi connectivity index (χ0) is 19.2. The standard InChI is InChI=1S/C21H34F2O4/c1-3-4-14(2)15-5-7-16(8-6-15)17-10-26-21(27-11-17)18-12-24-20(25-13-18)9-19(22)23/h9,14-18,20-21H,3-8,10-13H2,1-2H3. The lowest BCUT2D eigenvalue weighted by molar-refractivity contribution is -0.276. The lowest BCUT2D eigenvalue weighted by Gasteiger charge is -2.41. The lowest BCUT2D eigenvalue weighted by atomic mass is 9.71. The van der Waals surface area contributed by atoms with Crippen LogP contribution in [0.1, 0.15) is 52.4 Å². The van der Waals surface area contributed by atoms with E-state index in [0.717, 1.165) is 11.8 Å². The second-order valence-electron chi connectivity index (χ2n) is 8.49. The van der Waals surface area contributed by atoms with Crippen LogP contribution in [0.15, 0.2) is 12.2 Å². The van der Waals surface area contributed by atoms with Crippen LogP contribution in [0.3, 0.4) is 0 Å². The molecule has 0 radical (unpaired) electrons. The molecule has 4 nitrogen and oxygen atoms in total. The van der Waals surface area contributed by atoms with Crippen LogP contribution in [-0.2, 0) is 18.9 Å². The lowest BCUT2D eigenvalue weighted by Crippen LogP contribution is -2.45. The highest BCUT2D eigenvalue weighted by molar-refractivity contribution is 4.87. The van der Waals surface area contributed by atoms with Crippen molar-refractivity contribution in [3.63, 3.8) is 0 Å². The molecule has 3 rings (SSSR count). The average Bonchev–Trinajstić information content (AvgIpc) is 2.69. The first-order chi connectivity index (χ1) is 13.1. The maximum atomic E-state index is 12.2. The van der Waals surface area contributed by atoms with Gasteiger partial charge in [-0.1, -0.05) is 26.7 Å². The van der Waals surface area contributed by atoms with E-state index < -0.39 is 12.4 Å². The number of halogens is 2. The molecule has 156 valence electrons. The summed E-state index contributed by atoms with van der Waals surface area (Å²) in [4.78, 5) is 0. The summed E-state index contributed by atoms with van der Waals surface area (Å²) in [6.45, 7) is 6.72. The Morgan fingerprint density at radius 2 is 1.48 bits per heavy atom. The van der Waals surface area contributed by atoms with E-state index in [-0.39, 0.29) is 12.2 Å². The van der Waals surface area contributed by atoms with Crippen molar-refractivity contribution in [1.82, 2.24) is 0 Å². The molecule has 0 aromatic rings. The van der Waals surface area contributed by atoms with Gasteiger partial charge in [-0.2, -0.15) is 8.78 Å². The van der Waals surface area contributed by atoms with Gasteiger partial charge in [-0.25, -0.2) is 0 Å². The quantitative estimate of drug-likeness (QED) is 0.643. The third-order valence-corrected chi connectivity index (χ3v) is 6.58. The van der Waals surface area contributed by atoms with Crippen molar-refractivity contribution in [3.8, 4) is 0 Å². The molecular weight excluding hydrogens is 354 g/mol. The summed E-state index contributed by atoms with van der Waals surface area (Å²) in [5, 5.41) is 0. The third-order valence-electron chi connectivity index (χ3n) is 6.58. The van der Waals surface area contributed by atoms with Crippen LogP contribution >= 0.6 is 0 Å². The van der Waals surface area contributed by atoms with E-state index >= 15 is 0 Å². The highest BCUT2D eigenvalue weighted by atomic mass is 19.3. The normalized spacial score (nSPS) is 39.0. The van der Waals surface area contributed by atoms with Crippen molar-refractivity contribution in [2.75, 3.05) is 26.4 Å². The van der Waals surface area contributed by atoms with Gasteiger partial charge in [0, 0.05) is 12.0 Å². The van der Waals surface area contributed by atoms with Crippen LogP contribution in [-0.4, -0.2) is 39.0 Å². The molecule has 0 N–H and O–H groups in total. The summed E-state index contributed by atoms with van der Waals surface area (Å²) in [5.74, 6) is 2.81. The number of hydrogen-bond acceptors (Lipinski definition) is 4. The largest absolute Gasteiger partial charge is 0.352 e. The van der Waals surface area contributed by atoms with E-state index in [1.165, 1.54) is 38.5 Å². The second-order valence-corrected chi connectivity index (χ2v) is 8.49. The van der Waals surface area contributed by atoms with Crippen molar-refractivity contribution >= 4 is 0 Å². The molecule has 0 aromatic heterocycles. The van der Waals surface area contributed by atoms with Gasteiger partial charge in [0.05, 0.1) is 32.3 Å². The summed E-state index contributed by atoms with van der Waals surface area (Å²) in [7, 11) is 0. The van der Waals surface area contributed by atoms with Crippen LogP contribution in [0.4, 0.5) is 8.78 Å². The molecule has 0 bridgehead atoms. The van der Waals surface area contributed by atoms with Gasteiger partial charge in [-0.15, -0.1) is 0 Å². The molecule has 27 heavy (non-hydrogen) atoms. The minimum Gasteiger partial charge on any atom is -0.352 e. The molecule has 1 aliphatic carbocycles. The molecule has 1 saturated carbocycles. The minimum absolute atomic E-state index is 0.0658. The van der Waals surface area contributed by atoms with Crippen molar-refractivity contribution in [2.45, 2.75) is 65.0 Å². The third kappa shape index (κ3) is 5.96. The average molecular weight is 388 g/mol. The van der Waals surface area contributed by atoms with Gasteiger partial charge in [0.25, 0.3) is 6.08 Å². The Labute approximate surface area is 161 Å². The molecule has 2 saturated heterocycles. The summed E-state index contributed by atoms with van der Waals surface area (Å²) < 4.78 is 47.1. The van der Waals surface area contributed by atoms with Gasteiger partial charge < -0.3 is 18.9 Å². The first kappa shape index (κ1) is 21.2. The fourth-order valence-electron chi connectivity index (χ4n) is 4.84. The smallest absolute Gasteiger partial charge is 0.271 e. The number of ether oxygens (including phenoxy) is 4. The Hall–Kier alpha value is -0.560. The first-order valence-electron chi connectivity index (χ1n) is 10.6. The van der Waals surface area contributed by atoms with Gasteiger partial charge in [-0.05, 0) is 43.4 Å². The Bertz CT molecular complexity index is 459. The van der Waals surface area contributed by atoms with Crippen LogP contribution < -0.4 is 0 Å². The summed E-state index contributed by atoms with van der Waals surface area (Å²) >= 11 is 0. The van der Waals surface area contributed by atoms with Gasteiger partial charge >= 0.3 is 0 Å². The van der Waals surface area contributed by atoms with Gasteiger partial charge in [0.1, 0.15) is 0 Å². The SMILES string of the molecule is CCCC(C)C1CCC(C2COC(C3COC(C=C(F)F)OC3)OC2)CC1. The monoisotopic (exact) mass is 388 g/mol. The first-order valence-corrected chi connectivity index (χ1v) is 10.6. The molecule has 2 heterocycles. The Morgan fingerprint density at radius 1 is 0.889 bits per heavy atom. The summed E-state index contributed by atoms with van der Waals surface area (Å²) in [6.07, 6.45) is 5.41. The molecule has 3 fully saturated rings. The van der Waals surface area contributed by atoms with Gasteiger partial charge in [-0.3, -0.25) is 0 Å². The van der Waals surface area contributed by atoms with Crippen LogP contribution in [0.5, 0.6) is 0 Å². The van der Waals surface area contributed by atoms with Crippen LogP contribution in [0.25, 0.3) is 0 Å². The fraction of sp³-hybridized carbons (Fsp3) is 0.905. The highest BCUT2D eigenvalue weighted by Gasteiger charge is 2.37. The van der Waals surface area contributed by atoms with Crippen molar-refractivity contribution < 1.29 is 27.7 Å². The second kappa shape index (κ2) is 10.3. The van der Waals surface area contributed by atoms with Gasteiger partial charge in [0.15, 0.2) is 12.6 Å². The molecular formula is C21H34F2O4. The Morgan fingerprint density at radius 3 is 2.04 bits per heavy atom. The van der Waals surface area contributed by atoms with Gasteiger partial charge in [0.2, 0.25) is 0 Å².